The van der Waals surface area contributed by atoms with Gasteiger partial charge in [-0.2, -0.15) is 0 Å². The van der Waals surface area contributed by atoms with E-state index in [0.717, 1.165) is 10.2 Å². The molecule has 2 N–H and O–H groups in total. The predicted molar refractivity (Wildman–Crippen MR) is 49.9 cm³/mol. The first kappa shape index (κ1) is 10.2. The van der Waals surface area contributed by atoms with Crippen LogP contribution < -0.4 is 5.73 Å². The molecule has 0 spiro atoms. The van der Waals surface area contributed by atoms with Crippen LogP contribution in [0.5, 0.6) is 0 Å². The standard InChI is InChI=1S/C7H13N3O2S/c1-6(3-8)7-4-9-5-10(7)13(2,11)12/h4-6H,3,8H2,1-2H3. The van der Waals surface area contributed by atoms with Gasteiger partial charge in [-0.1, -0.05) is 6.92 Å². The van der Waals surface area contributed by atoms with Crippen LogP contribution in [-0.2, 0) is 10.0 Å². The lowest BCUT2D eigenvalue weighted by Gasteiger charge is -2.10. The molecule has 1 heterocycles. The molecule has 1 unspecified atom stereocenters. The molecule has 1 aromatic rings. The van der Waals surface area contributed by atoms with Gasteiger partial charge < -0.3 is 5.73 Å². The van der Waals surface area contributed by atoms with Gasteiger partial charge in [-0.05, 0) is 0 Å². The Morgan fingerprint density at radius 1 is 1.69 bits per heavy atom. The van der Waals surface area contributed by atoms with E-state index in [2.05, 4.69) is 4.98 Å². The number of imidazole rings is 1. The average molecular weight is 203 g/mol. The molecule has 0 bridgehead atoms. The Morgan fingerprint density at radius 2 is 2.31 bits per heavy atom. The van der Waals surface area contributed by atoms with E-state index in [9.17, 15) is 8.42 Å². The zero-order chi connectivity index (χ0) is 10.1. The molecule has 13 heavy (non-hydrogen) atoms. The predicted octanol–water partition coefficient (Wildman–Crippen LogP) is -0.247. The highest BCUT2D eigenvalue weighted by molar-refractivity contribution is 7.89. The molecule has 0 saturated carbocycles. The van der Waals surface area contributed by atoms with Crippen LogP contribution in [0, 0.1) is 0 Å². The van der Waals surface area contributed by atoms with Gasteiger partial charge in [0.15, 0.2) is 0 Å². The maximum atomic E-state index is 11.2. The smallest absolute Gasteiger partial charge is 0.237 e. The summed E-state index contributed by atoms with van der Waals surface area (Å²) in [5.74, 6) is -0.00257. The third-order valence-electron chi connectivity index (χ3n) is 1.85. The minimum Gasteiger partial charge on any atom is -0.330 e. The zero-order valence-electron chi connectivity index (χ0n) is 7.64. The van der Waals surface area contributed by atoms with Gasteiger partial charge in [-0.15, -0.1) is 0 Å². The second-order valence-corrected chi connectivity index (χ2v) is 4.87. The number of nitrogens with two attached hydrogens (primary N) is 1. The molecule has 1 atom stereocenters. The van der Waals surface area contributed by atoms with Crippen molar-refractivity contribution in [3.63, 3.8) is 0 Å². The number of nitrogens with zero attached hydrogens (tertiary/aromatic N) is 2. The largest absolute Gasteiger partial charge is 0.330 e. The van der Waals surface area contributed by atoms with Crippen molar-refractivity contribution in [1.29, 1.82) is 0 Å². The molecule has 1 aromatic heterocycles. The highest BCUT2D eigenvalue weighted by Crippen LogP contribution is 2.14. The van der Waals surface area contributed by atoms with E-state index in [-0.39, 0.29) is 5.92 Å². The quantitative estimate of drug-likeness (QED) is 0.735. The molecule has 0 aliphatic rings. The SMILES string of the molecule is CC(CN)c1cncn1S(C)(=O)=O. The summed E-state index contributed by atoms with van der Waals surface area (Å²) in [6.45, 7) is 2.26. The Kier molecular flexibility index (Phi) is 2.72. The summed E-state index contributed by atoms with van der Waals surface area (Å²) in [7, 11) is -3.25. The summed E-state index contributed by atoms with van der Waals surface area (Å²) < 4.78 is 23.6. The first-order chi connectivity index (χ1) is 5.96. The maximum Gasteiger partial charge on any atom is 0.237 e. The Labute approximate surface area is 77.6 Å². The van der Waals surface area contributed by atoms with E-state index in [1.165, 1.54) is 12.5 Å². The van der Waals surface area contributed by atoms with Crippen molar-refractivity contribution in [2.45, 2.75) is 12.8 Å². The monoisotopic (exact) mass is 203 g/mol. The van der Waals surface area contributed by atoms with Crippen molar-refractivity contribution in [3.05, 3.63) is 18.2 Å². The highest BCUT2D eigenvalue weighted by atomic mass is 32.2. The van der Waals surface area contributed by atoms with Crippen LogP contribution in [0.1, 0.15) is 18.5 Å². The molecule has 5 nitrogen and oxygen atoms in total. The molecule has 0 fully saturated rings. The summed E-state index contributed by atoms with van der Waals surface area (Å²) in [5.41, 5.74) is 6.07. The van der Waals surface area contributed by atoms with Crippen molar-refractivity contribution in [3.8, 4) is 0 Å². The molecule has 0 saturated heterocycles. The van der Waals surface area contributed by atoms with Crippen LogP contribution >= 0.6 is 0 Å². The third kappa shape index (κ3) is 2.07. The number of aromatic nitrogens is 2. The van der Waals surface area contributed by atoms with Gasteiger partial charge in [0.2, 0.25) is 10.0 Å². The summed E-state index contributed by atoms with van der Waals surface area (Å²) in [6.07, 6.45) is 3.96. The second kappa shape index (κ2) is 3.47. The van der Waals surface area contributed by atoms with Crippen LogP contribution in [0.15, 0.2) is 12.5 Å². The second-order valence-electron chi connectivity index (χ2n) is 3.01. The molecular formula is C7H13N3O2S. The molecule has 0 aliphatic heterocycles. The molecule has 6 heteroatoms. The Morgan fingerprint density at radius 3 is 2.77 bits per heavy atom. The lowest BCUT2D eigenvalue weighted by Crippen LogP contribution is -2.17. The fourth-order valence-corrected chi connectivity index (χ4v) is 1.87. The molecule has 0 aromatic carbocycles. The van der Waals surface area contributed by atoms with Crippen molar-refractivity contribution in [1.82, 2.24) is 8.96 Å². The molecule has 0 amide bonds. The van der Waals surface area contributed by atoms with Gasteiger partial charge in [-0.25, -0.2) is 17.4 Å². The van der Waals surface area contributed by atoms with Crippen LogP contribution in [0.2, 0.25) is 0 Å². The summed E-state index contributed by atoms with van der Waals surface area (Å²) in [5, 5.41) is 0. The van der Waals surface area contributed by atoms with Gasteiger partial charge in [0.05, 0.1) is 11.9 Å². The fraction of sp³-hybridized carbons (Fsp3) is 0.571. The minimum absolute atomic E-state index is 0.00257. The highest BCUT2D eigenvalue weighted by Gasteiger charge is 2.15. The van der Waals surface area contributed by atoms with E-state index < -0.39 is 10.0 Å². The van der Waals surface area contributed by atoms with E-state index in [4.69, 9.17) is 5.73 Å². The number of hydrogen-bond donors (Lipinski definition) is 1. The maximum absolute atomic E-state index is 11.2. The average Bonchev–Trinajstić information content (AvgIpc) is 2.49. The normalized spacial score (nSPS) is 14.4. The van der Waals surface area contributed by atoms with Crippen LogP contribution in [0.3, 0.4) is 0 Å². The van der Waals surface area contributed by atoms with Crippen molar-refractivity contribution >= 4 is 10.0 Å². The molecule has 0 radical (unpaired) electrons. The van der Waals surface area contributed by atoms with E-state index >= 15 is 0 Å². The van der Waals surface area contributed by atoms with Gasteiger partial charge in [-0.3, -0.25) is 0 Å². The van der Waals surface area contributed by atoms with Crippen LogP contribution in [-0.4, -0.2) is 30.2 Å². The van der Waals surface area contributed by atoms with Gasteiger partial charge >= 0.3 is 0 Å². The lowest BCUT2D eigenvalue weighted by atomic mass is 10.1. The Balaban J connectivity index is 3.18. The Bertz CT molecular complexity index is 382. The van der Waals surface area contributed by atoms with Gasteiger partial charge in [0.25, 0.3) is 0 Å². The van der Waals surface area contributed by atoms with E-state index in [1.807, 2.05) is 6.92 Å². The van der Waals surface area contributed by atoms with Gasteiger partial charge in [0.1, 0.15) is 6.33 Å². The number of rotatable bonds is 3. The van der Waals surface area contributed by atoms with Crippen LogP contribution in [0.4, 0.5) is 0 Å². The Hall–Kier alpha value is -0.880. The van der Waals surface area contributed by atoms with Crippen molar-refractivity contribution < 1.29 is 8.42 Å². The lowest BCUT2D eigenvalue weighted by molar-refractivity contribution is 0.588. The topological polar surface area (TPSA) is 78.0 Å². The molecule has 0 aliphatic carbocycles. The van der Waals surface area contributed by atoms with Crippen LogP contribution in [0.25, 0.3) is 0 Å². The first-order valence-electron chi connectivity index (χ1n) is 3.89. The molecular weight excluding hydrogens is 190 g/mol. The first-order valence-corrected chi connectivity index (χ1v) is 5.74. The third-order valence-corrected chi connectivity index (χ3v) is 2.87. The summed E-state index contributed by atoms with van der Waals surface area (Å²) in [4.78, 5) is 3.79. The van der Waals surface area contributed by atoms with Crippen molar-refractivity contribution in [2.75, 3.05) is 12.8 Å². The zero-order valence-corrected chi connectivity index (χ0v) is 8.45. The molecule has 1 rings (SSSR count). The summed E-state index contributed by atoms with van der Waals surface area (Å²) >= 11 is 0. The fourth-order valence-electron chi connectivity index (χ4n) is 1.04. The minimum atomic E-state index is -3.25. The van der Waals surface area contributed by atoms with E-state index in [1.54, 1.807) is 0 Å². The van der Waals surface area contributed by atoms with E-state index in [0.29, 0.717) is 12.2 Å². The molecule has 74 valence electrons. The number of hydrogen-bond acceptors (Lipinski definition) is 4. The van der Waals surface area contributed by atoms with Crippen molar-refractivity contribution in [2.24, 2.45) is 5.73 Å². The summed E-state index contributed by atoms with van der Waals surface area (Å²) in [6, 6.07) is 0. The van der Waals surface area contributed by atoms with Gasteiger partial charge in [0, 0.05) is 18.7 Å².